The van der Waals surface area contributed by atoms with Gasteiger partial charge in [-0.3, -0.25) is 24.1 Å². The Morgan fingerprint density at radius 3 is 2.50 bits per heavy atom. The molecule has 0 saturated carbocycles. The summed E-state index contributed by atoms with van der Waals surface area (Å²) in [6, 6.07) is 4.89. The van der Waals surface area contributed by atoms with Crippen LogP contribution in [-0.4, -0.2) is 73.1 Å². The van der Waals surface area contributed by atoms with Crippen molar-refractivity contribution in [2.24, 2.45) is 11.8 Å². The van der Waals surface area contributed by atoms with E-state index in [1.807, 2.05) is 20.8 Å². The number of nitrogens with one attached hydrogen (secondary N) is 4. The lowest BCUT2D eigenvalue weighted by atomic mass is 9.95. The smallest absolute Gasteiger partial charge is 0.496 e. The third-order valence-electron chi connectivity index (χ3n) is 7.01. The van der Waals surface area contributed by atoms with Crippen LogP contribution in [0.5, 0.6) is 5.75 Å². The molecule has 1 unspecified atom stereocenters. The zero-order chi connectivity index (χ0) is 30.8. The molecule has 230 valence electrons. The first-order valence-corrected chi connectivity index (χ1v) is 14.1. The number of fused-ring (bicyclic) bond motifs is 1. The zero-order valence-electron chi connectivity index (χ0n) is 24.6. The number of hydrogen-bond donors (Lipinski definition) is 4. The summed E-state index contributed by atoms with van der Waals surface area (Å²) >= 11 is 0. The molecule has 1 saturated heterocycles. The van der Waals surface area contributed by atoms with Crippen LogP contribution < -0.4 is 20.7 Å². The van der Waals surface area contributed by atoms with E-state index in [0.717, 1.165) is 0 Å². The van der Waals surface area contributed by atoms with Crippen LogP contribution >= 0.6 is 0 Å². The maximum absolute atomic E-state index is 13.5. The molecule has 1 aromatic carbocycles. The lowest BCUT2D eigenvalue weighted by Crippen LogP contribution is -2.53. The molecular formula is C29H40N4O9. The van der Waals surface area contributed by atoms with Gasteiger partial charge in [0.05, 0.1) is 13.2 Å². The average Bonchev–Trinajstić information content (AvgIpc) is 3.57. The van der Waals surface area contributed by atoms with E-state index in [2.05, 4.69) is 25.8 Å². The summed E-state index contributed by atoms with van der Waals surface area (Å²) < 4.78 is 10.3. The minimum Gasteiger partial charge on any atom is -0.496 e. The van der Waals surface area contributed by atoms with Crippen LogP contribution in [0.4, 0.5) is 4.79 Å². The van der Waals surface area contributed by atoms with Crippen molar-refractivity contribution in [3.63, 3.8) is 0 Å². The molecule has 13 heteroatoms. The van der Waals surface area contributed by atoms with Gasteiger partial charge in [0.1, 0.15) is 23.6 Å². The van der Waals surface area contributed by atoms with Crippen LogP contribution in [0.15, 0.2) is 24.3 Å². The second-order valence-electron chi connectivity index (χ2n) is 10.7. The number of H-pyrrole nitrogens is 1. The van der Waals surface area contributed by atoms with E-state index in [9.17, 15) is 24.0 Å². The number of aromatic amines is 1. The van der Waals surface area contributed by atoms with Crippen LogP contribution in [0.25, 0.3) is 10.9 Å². The molecular weight excluding hydrogens is 548 g/mol. The molecule has 3 rings (SSSR count). The number of carbonyl (C=O) groups excluding carboxylic acids is 5. The van der Waals surface area contributed by atoms with Crippen molar-refractivity contribution >= 4 is 40.6 Å². The fourth-order valence-electron chi connectivity index (χ4n) is 4.57. The van der Waals surface area contributed by atoms with E-state index in [1.165, 1.54) is 7.11 Å². The molecule has 0 aliphatic carbocycles. The van der Waals surface area contributed by atoms with Crippen molar-refractivity contribution in [3.05, 3.63) is 30.0 Å². The maximum atomic E-state index is 13.5. The number of methoxy groups -OCH3 is 1. The third kappa shape index (κ3) is 8.93. The molecule has 0 radical (unpaired) electrons. The minimum atomic E-state index is -1.13. The van der Waals surface area contributed by atoms with Gasteiger partial charge in [-0.2, -0.15) is 4.89 Å². The van der Waals surface area contributed by atoms with E-state index in [0.29, 0.717) is 36.0 Å². The van der Waals surface area contributed by atoms with Crippen molar-refractivity contribution in [3.8, 4) is 5.75 Å². The molecule has 0 spiro atoms. The van der Waals surface area contributed by atoms with Gasteiger partial charge in [0.15, 0.2) is 12.4 Å². The number of amides is 3. The van der Waals surface area contributed by atoms with Crippen LogP contribution in [0.1, 0.15) is 63.9 Å². The first-order chi connectivity index (χ1) is 20.0. The van der Waals surface area contributed by atoms with Gasteiger partial charge in [-0.15, -0.1) is 0 Å². The summed E-state index contributed by atoms with van der Waals surface area (Å²) in [4.78, 5) is 76.0. The maximum Gasteiger partial charge on any atom is 0.540 e. The summed E-state index contributed by atoms with van der Waals surface area (Å²) in [5.74, 6) is -1.84. The van der Waals surface area contributed by atoms with Gasteiger partial charge in [-0.25, -0.2) is 4.79 Å². The predicted molar refractivity (Wildman–Crippen MR) is 152 cm³/mol. The minimum absolute atomic E-state index is 0.0151. The Labute approximate surface area is 244 Å². The van der Waals surface area contributed by atoms with E-state index >= 15 is 0 Å². The van der Waals surface area contributed by atoms with Gasteiger partial charge in [0.25, 0.3) is 5.91 Å². The number of rotatable bonds is 15. The summed E-state index contributed by atoms with van der Waals surface area (Å²) in [5.41, 5.74) is 0.932. The van der Waals surface area contributed by atoms with Gasteiger partial charge in [-0.1, -0.05) is 26.8 Å². The number of ketones is 1. The van der Waals surface area contributed by atoms with Gasteiger partial charge in [0.2, 0.25) is 11.8 Å². The van der Waals surface area contributed by atoms with Gasteiger partial charge >= 0.3 is 6.16 Å². The van der Waals surface area contributed by atoms with Crippen molar-refractivity contribution in [1.29, 1.82) is 0 Å². The summed E-state index contributed by atoms with van der Waals surface area (Å²) in [5, 5.41) is 8.87. The molecule has 42 heavy (non-hydrogen) atoms. The van der Waals surface area contributed by atoms with Crippen LogP contribution in [-0.2, 0) is 28.9 Å². The second kappa shape index (κ2) is 15.2. The number of carbonyl (C=O) groups is 5. The molecule has 0 bridgehead atoms. The largest absolute Gasteiger partial charge is 0.540 e. The molecule has 2 aromatic rings. The van der Waals surface area contributed by atoms with Crippen molar-refractivity contribution in [1.82, 2.24) is 20.9 Å². The number of hydrogen-bond acceptors (Lipinski definition) is 9. The Hall–Kier alpha value is -4.13. The lowest BCUT2D eigenvalue weighted by molar-refractivity contribution is -0.253. The van der Waals surface area contributed by atoms with E-state index in [1.54, 1.807) is 31.2 Å². The summed E-state index contributed by atoms with van der Waals surface area (Å²) in [6.45, 7) is 7.07. The number of benzene rings is 1. The molecule has 1 fully saturated rings. The van der Waals surface area contributed by atoms with Gasteiger partial charge in [0, 0.05) is 23.4 Å². The quantitative estimate of drug-likeness (QED) is 0.139. The molecule has 4 N–H and O–H groups in total. The standard InChI is InChI=1S/C29H40N4O9/c1-6-17(4)41-29(38)42-40-15-24(34)21(13-18-10-11-30-26(18)35)32-27(36)22(12-16(2)3)33-28(37)23-14-19-20(31-23)8-7-9-25(19)39-5/h7-9,14,16-18,21-22,31H,6,10-13,15H2,1-5H3,(H,30,35)(H,32,36)(H,33,37)/t17?,18-,21-,22-/m0/s1. The Kier molecular flexibility index (Phi) is 11.7. The van der Waals surface area contributed by atoms with Crippen LogP contribution in [0.3, 0.4) is 0 Å². The van der Waals surface area contributed by atoms with Crippen molar-refractivity contribution in [2.75, 3.05) is 20.3 Å². The molecule has 3 amide bonds. The number of Topliss-reactive ketones (excluding diaryl/α,β-unsaturated/α-hetero) is 1. The van der Waals surface area contributed by atoms with Crippen LogP contribution in [0, 0.1) is 11.8 Å². The normalized spacial score (nSPS) is 16.8. The third-order valence-corrected chi connectivity index (χ3v) is 7.01. The first kappa shape index (κ1) is 32.4. The monoisotopic (exact) mass is 588 g/mol. The van der Waals surface area contributed by atoms with E-state index in [4.69, 9.17) is 14.4 Å². The molecule has 13 nitrogen and oxygen atoms in total. The lowest BCUT2D eigenvalue weighted by Gasteiger charge is -2.24. The highest BCUT2D eigenvalue weighted by molar-refractivity contribution is 6.02. The van der Waals surface area contributed by atoms with Crippen LogP contribution in [0.2, 0.25) is 0 Å². The molecule has 1 aliphatic rings. The van der Waals surface area contributed by atoms with Crippen molar-refractivity contribution < 1.29 is 43.2 Å². The van der Waals surface area contributed by atoms with Gasteiger partial charge < -0.3 is 30.4 Å². The Morgan fingerprint density at radius 1 is 1.10 bits per heavy atom. The number of aromatic nitrogens is 1. The summed E-state index contributed by atoms with van der Waals surface area (Å²) in [7, 11) is 1.53. The average molecular weight is 589 g/mol. The van der Waals surface area contributed by atoms with E-state index < -0.39 is 54.5 Å². The highest BCUT2D eigenvalue weighted by Crippen LogP contribution is 2.26. The van der Waals surface area contributed by atoms with Crippen molar-refractivity contribution in [2.45, 2.75) is 71.6 Å². The highest BCUT2D eigenvalue weighted by atomic mass is 17.2. The topological polar surface area (TPSA) is 174 Å². The fourth-order valence-corrected chi connectivity index (χ4v) is 4.57. The summed E-state index contributed by atoms with van der Waals surface area (Å²) in [6.07, 6.45) is -0.137. The first-order valence-electron chi connectivity index (χ1n) is 14.1. The Bertz CT molecular complexity index is 1280. The van der Waals surface area contributed by atoms with Gasteiger partial charge in [-0.05, 0) is 56.7 Å². The molecule has 1 aromatic heterocycles. The van der Waals surface area contributed by atoms with E-state index in [-0.39, 0.29) is 30.4 Å². The molecule has 2 heterocycles. The molecule has 4 atom stereocenters. The number of ether oxygens (including phenoxy) is 2. The second-order valence-corrected chi connectivity index (χ2v) is 10.7. The SMILES string of the molecule is CCC(C)OC(=O)OOCC(=O)[C@H](C[C@@H]1CCNC1=O)NC(=O)[C@H](CC(C)C)NC(=O)c1cc2c(OC)cccc2[nH]1. The predicted octanol–water partition coefficient (Wildman–Crippen LogP) is 2.78. The highest BCUT2D eigenvalue weighted by Gasteiger charge is 2.34. The molecule has 1 aliphatic heterocycles. The Balaban J connectivity index is 1.71. The Morgan fingerprint density at radius 2 is 1.86 bits per heavy atom. The fraction of sp³-hybridized carbons (Fsp3) is 0.552. The zero-order valence-corrected chi connectivity index (χ0v) is 24.6.